The molecule has 1 aliphatic heterocycles. The molecule has 100 valence electrons. The fraction of sp³-hybridized carbons (Fsp3) is 0.429. The largest absolute Gasteiger partial charge is 0.375 e. The standard InChI is InChI=1S/C14H14BrNO3/c15-8-5-6-11-10(7-8)14(19,13(18)16-11)9-3-1-2-4-12(9)17/h5-7,9,19H,1-4H2,(H,16,18)/t9?,14-/m1/s1. The summed E-state index contributed by atoms with van der Waals surface area (Å²) < 4.78 is 0.782. The van der Waals surface area contributed by atoms with Gasteiger partial charge in [0.2, 0.25) is 0 Å². The number of carbonyl (C=O) groups excluding carboxylic acids is 2. The van der Waals surface area contributed by atoms with Gasteiger partial charge in [-0.15, -0.1) is 0 Å². The minimum absolute atomic E-state index is 0.0169. The molecule has 1 heterocycles. The van der Waals surface area contributed by atoms with Crippen molar-refractivity contribution in [3.63, 3.8) is 0 Å². The number of aliphatic hydroxyl groups is 1. The molecule has 0 spiro atoms. The fourth-order valence-corrected chi connectivity index (χ4v) is 3.41. The van der Waals surface area contributed by atoms with Gasteiger partial charge in [-0.3, -0.25) is 9.59 Å². The first kappa shape index (κ1) is 12.8. The van der Waals surface area contributed by atoms with Crippen molar-refractivity contribution in [2.75, 3.05) is 5.32 Å². The van der Waals surface area contributed by atoms with Crippen LogP contribution in [-0.4, -0.2) is 16.8 Å². The van der Waals surface area contributed by atoms with Crippen LogP contribution in [0, 0.1) is 5.92 Å². The lowest BCUT2D eigenvalue weighted by Crippen LogP contribution is -2.46. The highest BCUT2D eigenvalue weighted by Crippen LogP contribution is 2.45. The second kappa shape index (κ2) is 4.42. The van der Waals surface area contributed by atoms with Gasteiger partial charge in [0, 0.05) is 22.1 Å². The van der Waals surface area contributed by atoms with E-state index in [1.165, 1.54) is 0 Å². The van der Waals surface area contributed by atoms with Gasteiger partial charge < -0.3 is 10.4 Å². The van der Waals surface area contributed by atoms with Gasteiger partial charge in [0.1, 0.15) is 5.78 Å². The average Bonchev–Trinajstić information content (AvgIpc) is 2.64. The molecule has 1 aliphatic carbocycles. The van der Waals surface area contributed by atoms with E-state index in [4.69, 9.17) is 0 Å². The maximum absolute atomic E-state index is 12.2. The van der Waals surface area contributed by atoms with Crippen LogP contribution in [0.3, 0.4) is 0 Å². The van der Waals surface area contributed by atoms with Gasteiger partial charge in [0.25, 0.3) is 5.91 Å². The molecule has 0 aromatic heterocycles. The van der Waals surface area contributed by atoms with Crippen LogP contribution in [0.1, 0.15) is 31.2 Å². The summed E-state index contributed by atoms with van der Waals surface area (Å²) in [5.74, 6) is -1.13. The molecule has 19 heavy (non-hydrogen) atoms. The molecule has 1 saturated carbocycles. The number of halogens is 1. The lowest BCUT2D eigenvalue weighted by atomic mass is 9.73. The molecule has 2 aliphatic rings. The Labute approximate surface area is 119 Å². The van der Waals surface area contributed by atoms with E-state index in [2.05, 4.69) is 21.2 Å². The van der Waals surface area contributed by atoms with Crippen molar-refractivity contribution < 1.29 is 14.7 Å². The molecular weight excluding hydrogens is 310 g/mol. The van der Waals surface area contributed by atoms with E-state index in [-0.39, 0.29) is 5.78 Å². The molecule has 2 atom stereocenters. The van der Waals surface area contributed by atoms with E-state index in [1.807, 2.05) is 0 Å². The molecule has 1 amide bonds. The third-order valence-corrected chi connectivity index (χ3v) is 4.54. The van der Waals surface area contributed by atoms with Gasteiger partial charge in [-0.05, 0) is 31.0 Å². The monoisotopic (exact) mass is 323 g/mol. The quantitative estimate of drug-likeness (QED) is 0.833. The highest BCUT2D eigenvalue weighted by atomic mass is 79.9. The minimum atomic E-state index is -1.71. The maximum Gasteiger partial charge on any atom is 0.261 e. The Morgan fingerprint density at radius 3 is 2.84 bits per heavy atom. The van der Waals surface area contributed by atoms with Crippen LogP contribution >= 0.6 is 15.9 Å². The van der Waals surface area contributed by atoms with Gasteiger partial charge >= 0.3 is 0 Å². The third kappa shape index (κ3) is 1.83. The van der Waals surface area contributed by atoms with E-state index < -0.39 is 17.4 Å². The first-order chi connectivity index (χ1) is 9.03. The van der Waals surface area contributed by atoms with Gasteiger partial charge in [-0.25, -0.2) is 0 Å². The van der Waals surface area contributed by atoms with E-state index >= 15 is 0 Å². The summed E-state index contributed by atoms with van der Waals surface area (Å²) in [5.41, 5.74) is -0.613. The summed E-state index contributed by atoms with van der Waals surface area (Å²) >= 11 is 3.34. The van der Waals surface area contributed by atoms with Gasteiger partial charge in [-0.2, -0.15) is 0 Å². The second-order valence-electron chi connectivity index (χ2n) is 5.18. The van der Waals surface area contributed by atoms with Crippen molar-refractivity contribution in [2.24, 2.45) is 5.92 Å². The molecule has 1 aromatic carbocycles. The summed E-state index contributed by atoms with van der Waals surface area (Å²) in [4.78, 5) is 24.3. The Kier molecular flexibility index (Phi) is 2.98. The van der Waals surface area contributed by atoms with Crippen molar-refractivity contribution in [3.05, 3.63) is 28.2 Å². The van der Waals surface area contributed by atoms with E-state index in [9.17, 15) is 14.7 Å². The number of amides is 1. The molecule has 0 saturated heterocycles. The topological polar surface area (TPSA) is 66.4 Å². The van der Waals surface area contributed by atoms with Gasteiger partial charge in [0.15, 0.2) is 5.60 Å². The average molecular weight is 324 g/mol. The summed E-state index contributed by atoms with van der Waals surface area (Å²) in [7, 11) is 0. The number of hydrogen-bond acceptors (Lipinski definition) is 3. The van der Waals surface area contributed by atoms with Crippen molar-refractivity contribution in [1.29, 1.82) is 0 Å². The van der Waals surface area contributed by atoms with Crippen molar-refractivity contribution in [1.82, 2.24) is 0 Å². The molecule has 0 radical (unpaired) electrons. The van der Waals surface area contributed by atoms with Gasteiger partial charge in [0.05, 0.1) is 5.92 Å². The first-order valence-electron chi connectivity index (χ1n) is 6.40. The number of ketones is 1. The number of hydrogen-bond donors (Lipinski definition) is 2. The molecule has 3 rings (SSSR count). The molecule has 4 nitrogen and oxygen atoms in total. The Morgan fingerprint density at radius 2 is 2.11 bits per heavy atom. The van der Waals surface area contributed by atoms with Crippen LogP contribution in [0.15, 0.2) is 22.7 Å². The number of carbonyl (C=O) groups is 2. The zero-order valence-corrected chi connectivity index (χ0v) is 11.9. The summed E-state index contributed by atoms with van der Waals surface area (Å²) in [6.45, 7) is 0. The zero-order valence-electron chi connectivity index (χ0n) is 10.3. The second-order valence-corrected chi connectivity index (χ2v) is 6.09. The molecule has 0 bridgehead atoms. The molecule has 5 heteroatoms. The lowest BCUT2D eigenvalue weighted by Gasteiger charge is -2.32. The molecule has 2 N–H and O–H groups in total. The summed E-state index contributed by atoms with van der Waals surface area (Å²) in [6, 6.07) is 5.26. The SMILES string of the molecule is O=C1CCCCC1[C@]1(O)C(=O)Nc2ccc(Br)cc21. The number of anilines is 1. The molecule has 1 unspecified atom stereocenters. The molecule has 1 aromatic rings. The van der Waals surface area contributed by atoms with E-state index in [1.54, 1.807) is 18.2 Å². The van der Waals surface area contributed by atoms with Crippen LogP contribution < -0.4 is 5.32 Å². The zero-order chi connectivity index (χ0) is 13.6. The Hall–Kier alpha value is -1.20. The summed E-state index contributed by atoms with van der Waals surface area (Å²) in [6.07, 6.45) is 2.73. The predicted molar refractivity (Wildman–Crippen MR) is 73.6 cm³/mol. The third-order valence-electron chi connectivity index (χ3n) is 4.05. The summed E-state index contributed by atoms with van der Waals surface area (Å²) in [5, 5.41) is 13.5. The van der Waals surface area contributed by atoms with Crippen LogP contribution in [0.4, 0.5) is 5.69 Å². The van der Waals surface area contributed by atoms with Crippen LogP contribution in [-0.2, 0) is 15.2 Å². The van der Waals surface area contributed by atoms with Crippen LogP contribution in [0.2, 0.25) is 0 Å². The lowest BCUT2D eigenvalue weighted by molar-refractivity contribution is -0.150. The number of nitrogens with one attached hydrogen (secondary N) is 1. The van der Waals surface area contributed by atoms with Gasteiger partial charge in [-0.1, -0.05) is 22.4 Å². The Bertz CT molecular complexity index is 572. The normalized spacial score (nSPS) is 30.1. The van der Waals surface area contributed by atoms with Crippen molar-refractivity contribution >= 4 is 33.3 Å². The highest BCUT2D eigenvalue weighted by Gasteiger charge is 2.53. The smallest absolute Gasteiger partial charge is 0.261 e. The Morgan fingerprint density at radius 1 is 1.32 bits per heavy atom. The Balaban J connectivity index is 2.10. The van der Waals surface area contributed by atoms with E-state index in [0.29, 0.717) is 24.1 Å². The van der Waals surface area contributed by atoms with Crippen molar-refractivity contribution in [3.8, 4) is 0 Å². The first-order valence-corrected chi connectivity index (χ1v) is 7.19. The number of benzene rings is 1. The minimum Gasteiger partial charge on any atom is -0.375 e. The van der Waals surface area contributed by atoms with Crippen LogP contribution in [0.25, 0.3) is 0 Å². The number of rotatable bonds is 1. The van der Waals surface area contributed by atoms with Crippen LogP contribution in [0.5, 0.6) is 0 Å². The molecule has 1 fully saturated rings. The number of fused-ring (bicyclic) bond motifs is 1. The molecular formula is C14H14BrNO3. The van der Waals surface area contributed by atoms with Crippen molar-refractivity contribution in [2.45, 2.75) is 31.3 Å². The highest BCUT2D eigenvalue weighted by molar-refractivity contribution is 9.10. The maximum atomic E-state index is 12.2. The predicted octanol–water partition coefficient (Wildman–Crippen LogP) is 2.35. The fourth-order valence-electron chi connectivity index (χ4n) is 3.05. The van der Waals surface area contributed by atoms with E-state index in [0.717, 1.165) is 17.3 Å². The number of Topliss-reactive ketones (excluding diaryl/α,β-unsaturated/α-hetero) is 1.